The topological polar surface area (TPSA) is 52.8 Å². The molecule has 28 heavy (non-hydrogen) atoms. The molecule has 3 aromatic carbocycles. The van der Waals surface area contributed by atoms with Gasteiger partial charge in [-0.3, -0.25) is 0 Å². The van der Waals surface area contributed by atoms with Gasteiger partial charge < -0.3 is 4.74 Å². The number of nitrogens with zero attached hydrogens (tertiary/aromatic N) is 4. The first-order chi connectivity index (χ1) is 13.7. The summed E-state index contributed by atoms with van der Waals surface area (Å²) in [5.74, 6) is 2.36. The Hall–Kier alpha value is -3.12. The van der Waals surface area contributed by atoms with Crippen molar-refractivity contribution in [3.63, 3.8) is 0 Å². The minimum absolute atomic E-state index is 0.703. The first kappa shape index (κ1) is 18.3. The summed E-state index contributed by atoms with van der Waals surface area (Å²) < 4.78 is 7.83. The van der Waals surface area contributed by atoms with Gasteiger partial charge in [0.05, 0.1) is 5.69 Å². The number of benzene rings is 3. The molecule has 0 radical (unpaired) electrons. The van der Waals surface area contributed by atoms with Gasteiger partial charge in [0, 0.05) is 11.3 Å². The van der Waals surface area contributed by atoms with E-state index in [1.165, 1.54) is 11.1 Å². The minimum atomic E-state index is 0.703. The van der Waals surface area contributed by atoms with Gasteiger partial charge in [-0.2, -0.15) is 4.68 Å². The maximum absolute atomic E-state index is 6.05. The summed E-state index contributed by atoms with van der Waals surface area (Å²) in [6.07, 6.45) is 0. The average molecular weight is 388 g/mol. The van der Waals surface area contributed by atoms with Crippen molar-refractivity contribution in [2.45, 2.75) is 24.8 Å². The Morgan fingerprint density at radius 3 is 2.50 bits per heavy atom. The van der Waals surface area contributed by atoms with Crippen LogP contribution in [0.25, 0.3) is 5.69 Å². The quantitative estimate of drug-likeness (QED) is 0.416. The molecule has 4 rings (SSSR count). The van der Waals surface area contributed by atoms with E-state index in [0.717, 1.165) is 27.9 Å². The van der Waals surface area contributed by atoms with Gasteiger partial charge in [0.1, 0.15) is 11.5 Å². The van der Waals surface area contributed by atoms with Gasteiger partial charge >= 0.3 is 0 Å². The van der Waals surface area contributed by atoms with Crippen molar-refractivity contribution in [2.24, 2.45) is 0 Å². The zero-order valence-electron chi connectivity index (χ0n) is 15.7. The minimum Gasteiger partial charge on any atom is -0.457 e. The van der Waals surface area contributed by atoms with E-state index in [-0.39, 0.29) is 0 Å². The van der Waals surface area contributed by atoms with Gasteiger partial charge in [-0.25, -0.2) is 0 Å². The molecule has 4 aromatic rings. The second-order valence-electron chi connectivity index (χ2n) is 6.45. The molecule has 0 spiro atoms. The van der Waals surface area contributed by atoms with Gasteiger partial charge in [0.25, 0.3) is 0 Å². The van der Waals surface area contributed by atoms with Gasteiger partial charge in [0.2, 0.25) is 5.16 Å². The largest absolute Gasteiger partial charge is 0.457 e. The fourth-order valence-electron chi connectivity index (χ4n) is 2.77. The number of aryl methyl sites for hydroxylation is 2. The van der Waals surface area contributed by atoms with E-state index in [1.807, 2.05) is 54.6 Å². The molecular weight excluding hydrogens is 368 g/mol. The third-order valence-electron chi connectivity index (χ3n) is 4.48. The molecule has 0 bridgehead atoms. The van der Waals surface area contributed by atoms with Gasteiger partial charge in [-0.15, -0.1) is 5.10 Å². The van der Waals surface area contributed by atoms with E-state index < -0.39 is 0 Å². The normalized spacial score (nSPS) is 10.8. The maximum Gasteiger partial charge on any atom is 0.214 e. The van der Waals surface area contributed by atoms with Gasteiger partial charge in [0.15, 0.2) is 0 Å². The molecule has 0 aliphatic carbocycles. The van der Waals surface area contributed by atoms with E-state index in [2.05, 4.69) is 47.6 Å². The lowest BCUT2D eigenvalue weighted by atomic mass is 10.1. The number of rotatable bonds is 6. The molecule has 6 heteroatoms. The smallest absolute Gasteiger partial charge is 0.214 e. The Balaban J connectivity index is 1.53. The first-order valence-electron chi connectivity index (χ1n) is 9.00. The third kappa shape index (κ3) is 4.07. The number of aromatic nitrogens is 4. The zero-order chi connectivity index (χ0) is 19.3. The highest BCUT2D eigenvalue weighted by Gasteiger charge is 2.12. The molecule has 0 aliphatic heterocycles. The van der Waals surface area contributed by atoms with Crippen LogP contribution in [0.15, 0.2) is 78.0 Å². The van der Waals surface area contributed by atoms with Gasteiger partial charge in [-0.1, -0.05) is 54.2 Å². The number of hydrogen-bond donors (Lipinski definition) is 0. The third-order valence-corrected chi connectivity index (χ3v) is 5.44. The van der Waals surface area contributed by atoms with Crippen molar-refractivity contribution >= 4 is 11.8 Å². The summed E-state index contributed by atoms with van der Waals surface area (Å²) in [7, 11) is 0. The van der Waals surface area contributed by atoms with E-state index in [9.17, 15) is 0 Å². The molecule has 0 fully saturated rings. The Morgan fingerprint density at radius 1 is 0.893 bits per heavy atom. The second-order valence-corrected chi connectivity index (χ2v) is 7.40. The lowest BCUT2D eigenvalue weighted by molar-refractivity contribution is 0.478. The van der Waals surface area contributed by atoms with Crippen molar-refractivity contribution in [3.05, 3.63) is 89.5 Å². The van der Waals surface area contributed by atoms with Crippen molar-refractivity contribution < 1.29 is 4.74 Å². The molecule has 140 valence electrons. The molecule has 0 aliphatic rings. The van der Waals surface area contributed by atoms with Crippen LogP contribution in [0, 0.1) is 13.8 Å². The molecule has 0 saturated heterocycles. The SMILES string of the molecule is Cc1ccc(-n2nnnc2SCc2ccccc2Oc2ccccc2)cc1C. The van der Waals surface area contributed by atoms with Crippen molar-refractivity contribution in [1.29, 1.82) is 0 Å². The summed E-state index contributed by atoms with van der Waals surface area (Å²) in [5, 5.41) is 13.0. The summed E-state index contributed by atoms with van der Waals surface area (Å²) in [6.45, 7) is 4.19. The highest BCUT2D eigenvalue weighted by molar-refractivity contribution is 7.98. The van der Waals surface area contributed by atoms with E-state index in [0.29, 0.717) is 5.75 Å². The van der Waals surface area contributed by atoms with Crippen LogP contribution in [0.1, 0.15) is 16.7 Å². The van der Waals surface area contributed by atoms with E-state index in [4.69, 9.17) is 4.74 Å². The molecule has 0 atom stereocenters. The lowest BCUT2D eigenvalue weighted by Gasteiger charge is -2.11. The predicted octanol–water partition coefficient (Wildman–Crippen LogP) is 5.36. The highest BCUT2D eigenvalue weighted by atomic mass is 32.2. The van der Waals surface area contributed by atoms with E-state index in [1.54, 1.807) is 16.4 Å². The molecule has 5 nitrogen and oxygen atoms in total. The summed E-state index contributed by atoms with van der Waals surface area (Å²) in [6, 6.07) is 24.1. The van der Waals surface area contributed by atoms with Crippen molar-refractivity contribution in [3.8, 4) is 17.2 Å². The molecular formula is C22H20N4OS. The standard InChI is InChI=1S/C22H20N4OS/c1-16-12-13-19(14-17(16)2)26-22(23-24-25-26)28-15-18-8-6-7-11-21(18)27-20-9-4-3-5-10-20/h3-14H,15H2,1-2H3. The monoisotopic (exact) mass is 388 g/mol. The van der Waals surface area contributed by atoms with Crippen LogP contribution in [0.4, 0.5) is 0 Å². The Kier molecular flexibility index (Phi) is 5.39. The molecule has 1 aromatic heterocycles. The van der Waals surface area contributed by atoms with E-state index >= 15 is 0 Å². The Morgan fingerprint density at radius 2 is 1.68 bits per heavy atom. The molecule has 0 unspecified atom stereocenters. The Bertz CT molecular complexity index is 1080. The molecule has 0 N–H and O–H groups in total. The van der Waals surface area contributed by atoms with Crippen molar-refractivity contribution in [1.82, 2.24) is 20.2 Å². The Labute approximate surface area is 168 Å². The van der Waals surface area contributed by atoms with Crippen LogP contribution in [-0.2, 0) is 5.75 Å². The zero-order valence-corrected chi connectivity index (χ0v) is 16.6. The molecule has 1 heterocycles. The predicted molar refractivity (Wildman–Crippen MR) is 111 cm³/mol. The number of tetrazole rings is 1. The van der Waals surface area contributed by atoms with Crippen LogP contribution in [-0.4, -0.2) is 20.2 Å². The molecule has 0 amide bonds. The van der Waals surface area contributed by atoms with Crippen LogP contribution in [0.2, 0.25) is 0 Å². The second kappa shape index (κ2) is 8.27. The molecule has 0 saturated carbocycles. The highest BCUT2D eigenvalue weighted by Crippen LogP contribution is 2.30. The van der Waals surface area contributed by atoms with Gasteiger partial charge in [-0.05, 0) is 65.7 Å². The van der Waals surface area contributed by atoms with Crippen LogP contribution in [0.5, 0.6) is 11.5 Å². The van der Waals surface area contributed by atoms with Crippen LogP contribution in [0.3, 0.4) is 0 Å². The fraction of sp³-hybridized carbons (Fsp3) is 0.136. The number of para-hydroxylation sites is 2. The lowest BCUT2D eigenvalue weighted by Crippen LogP contribution is -2.00. The number of thioether (sulfide) groups is 1. The fourth-order valence-corrected chi connectivity index (χ4v) is 3.65. The summed E-state index contributed by atoms with van der Waals surface area (Å²) in [5.41, 5.74) is 4.51. The maximum atomic E-state index is 6.05. The van der Waals surface area contributed by atoms with Crippen LogP contribution < -0.4 is 4.74 Å². The first-order valence-corrected chi connectivity index (χ1v) is 9.99. The van der Waals surface area contributed by atoms with Crippen LogP contribution >= 0.6 is 11.8 Å². The summed E-state index contributed by atoms with van der Waals surface area (Å²) >= 11 is 1.58. The van der Waals surface area contributed by atoms with Crippen molar-refractivity contribution in [2.75, 3.05) is 0 Å². The summed E-state index contributed by atoms with van der Waals surface area (Å²) in [4.78, 5) is 0. The average Bonchev–Trinajstić information content (AvgIpc) is 3.19. The number of hydrogen-bond acceptors (Lipinski definition) is 5. The number of ether oxygens (including phenoxy) is 1.